The van der Waals surface area contributed by atoms with Gasteiger partial charge < -0.3 is 19.1 Å². The molecular weight excluding hydrogens is 346 g/mol. The highest BCUT2D eigenvalue weighted by Crippen LogP contribution is 2.25. The van der Waals surface area contributed by atoms with Crippen LogP contribution in [0.1, 0.15) is 40.1 Å². The first kappa shape index (κ1) is 19.2. The third-order valence-corrected chi connectivity index (χ3v) is 5.04. The Morgan fingerprint density at radius 3 is 2.52 bits per heavy atom. The standard InChI is InChI=1S/C18H27N7O2/c1-11-12(2)19-16(18(26)24(6)10-15-22-21-13(3)27-15)20-17(11)25-8-7-14(9-25)23(4)5/h14H,7-10H2,1-6H3/t14-/m1/s1. The first-order chi connectivity index (χ1) is 12.8. The second-order valence-electron chi connectivity index (χ2n) is 7.31. The van der Waals surface area contributed by atoms with Crippen molar-refractivity contribution in [1.82, 2.24) is 30.0 Å². The fourth-order valence-electron chi connectivity index (χ4n) is 3.22. The molecule has 0 N–H and O–H groups in total. The summed E-state index contributed by atoms with van der Waals surface area (Å²) in [7, 11) is 5.86. The molecule has 1 saturated heterocycles. The molecule has 2 aromatic heterocycles. The van der Waals surface area contributed by atoms with E-state index in [2.05, 4.69) is 44.1 Å². The zero-order valence-corrected chi connectivity index (χ0v) is 16.9. The number of rotatable bonds is 5. The molecule has 1 fully saturated rings. The molecule has 146 valence electrons. The predicted molar refractivity (Wildman–Crippen MR) is 101 cm³/mol. The number of anilines is 1. The van der Waals surface area contributed by atoms with E-state index in [1.807, 2.05) is 13.8 Å². The van der Waals surface area contributed by atoms with Crippen LogP contribution in [0.5, 0.6) is 0 Å². The Hall–Kier alpha value is -2.55. The lowest BCUT2D eigenvalue weighted by atomic mass is 10.2. The molecule has 0 radical (unpaired) electrons. The SMILES string of the molecule is Cc1nnc(CN(C)C(=O)c2nc(C)c(C)c(N3CC[C@@H](N(C)C)C3)n2)o1. The minimum absolute atomic E-state index is 0.195. The van der Waals surface area contributed by atoms with Crippen molar-refractivity contribution in [1.29, 1.82) is 0 Å². The summed E-state index contributed by atoms with van der Waals surface area (Å²) in [6.07, 6.45) is 1.08. The number of hydrogen-bond donors (Lipinski definition) is 0. The highest BCUT2D eigenvalue weighted by Gasteiger charge is 2.28. The highest BCUT2D eigenvalue weighted by atomic mass is 16.4. The van der Waals surface area contributed by atoms with E-state index >= 15 is 0 Å². The van der Waals surface area contributed by atoms with Crippen LogP contribution in [-0.2, 0) is 6.54 Å². The lowest BCUT2D eigenvalue weighted by Gasteiger charge is -2.23. The van der Waals surface area contributed by atoms with Crippen molar-refractivity contribution in [2.45, 2.75) is 39.8 Å². The first-order valence-electron chi connectivity index (χ1n) is 9.07. The van der Waals surface area contributed by atoms with Crippen LogP contribution in [0.4, 0.5) is 5.82 Å². The monoisotopic (exact) mass is 373 g/mol. The Morgan fingerprint density at radius 2 is 1.93 bits per heavy atom. The Kier molecular flexibility index (Phi) is 5.41. The maximum Gasteiger partial charge on any atom is 0.291 e. The van der Waals surface area contributed by atoms with Gasteiger partial charge in [-0.2, -0.15) is 0 Å². The van der Waals surface area contributed by atoms with E-state index < -0.39 is 0 Å². The number of aromatic nitrogens is 4. The van der Waals surface area contributed by atoms with E-state index in [1.54, 1.807) is 14.0 Å². The van der Waals surface area contributed by atoms with Gasteiger partial charge in [0.15, 0.2) is 0 Å². The summed E-state index contributed by atoms with van der Waals surface area (Å²) in [6, 6.07) is 0.488. The smallest absolute Gasteiger partial charge is 0.291 e. The molecular formula is C18H27N7O2. The molecule has 0 aliphatic carbocycles. The van der Waals surface area contributed by atoms with Crippen molar-refractivity contribution in [2.24, 2.45) is 0 Å². The van der Waals surface area contributed by atoms with Crippen molar-refractivity contribution < 1.29 is 9.21 Å². The highest BCUT2D eigenvalue weighted by molar-refractivity contribution is 5.90. The van der Waals surface area contributed by atoms with Crippen LogP contribution in [0.25, 0.3) is 0 Å². The molecule has 1 aliphatic heterocycles. The second kappa shape index (κ2) is 7.59. The molecule has 0 spiro atoms. The topological polar surface area (TPSA) is 91.5 Å². The van der Waals surface area contributed by atoms with Gasteiger partial charge in [-0.05, 0) is 34.4 Å². The van der Waals surface area contributed by atoms with E-state index in [9.17, 15) is 4.79 Å². The van der Waals surface area contributed by atoms with Crippen LogP contribution >= 0.6 is 0 Å². The molecule has 3 rings (SSSR count). The van der Waals surface area contributed by atoms with Crippen LogP contribution in [0.15, 0.2) is 4.42 Å². The van der Waals surface area contributed by atoms with Gasteiger partial charge in [-0.25, -0.2) is 9.97 Å². The zero-order chi connectivity index (χ0) is 19.7. The van der Waals surface area contributed by atoms with E-state index in [1.165, 1.54) is 4.90 Å². The molecule has 1 amide bonds. The lowest BCUT2D eigenvalue weighted by molar-refractivity contribution is 0.0760. The van der Waals surface area contributed by atoms with Crippen molar-refractivity contribution in [3.63, 3.8) is 0 Å². The minimum atomic E-state index is -0.265. The number of carbonyl (C=O) groups excluding carboxylic acids is 1. The van der Waals surface area contributed by atoms with Gasteiger partial charge in [0.2, 0.25) is 17.6 Å². The minimum Gasteiger partial charge on any atom is -0.424 e. The molecule has 9 heteroatoms. The summed E-state index contributed by atoms with van der Waals surface area (Å²) in [5, 5.41) is 7.72. The van der Waals surface area contributed by atoms with Gasteiger partial charge in [-0.3, -0.25) is 4.79 Å². The maximum absolute atomic E-state index is 12.8. The van der Waals surface area contributed by atoms with Crippen molar-refractivity contribution in [3.05, 3.63) is 28.9 Å². The number of amides is 1. The Labute approximate surface area is 159 Å². The number of hydrogen-bond acceptors (Lipinski definition) is 8. The van der Waals surface area contributed by atoms with Gasteiger partial charge in [0, 0.05) is 44.4 Å². The van der Waals surface area contributed by atoms with Crippen molar-refractivity contribution in [2.75, 3.05) is 39.1 Å². The average Bonchev–Trinajstić information content (AvgIpc) is 3.25. The van der Waals surface area contributed by atoms with Gasteiger partial charge in [0.05, 0.1) is 6.54 Å². The largest absolute Gasteiger partial charge is 0.424 e. The van der Waals surface area contributed by atoms with Crippen molar-refractivity contribution in [3.8, 4) is 0 Å². The molecule has 0 aromatic carbocycles. The molecule has 1 atom stereocenters. The van der Waals surface area contributed by atoms with E-state index in [0.717, 1.165) is 36.6 Å². The van der Waals surface area contributed by atoms with Crippen LogP contribution < -0.4 is 4.90 Å². The number of likely N-dealkylation sites (N-methyl/N-ethyl adjacent to an activating group) is 1. The summed E-state index contributed by atoms with van der Waals surface area (Å²) >= 11 is 0. The molecule has 27 heavy (non-hydrogen) atoms. The molecule has 3 heterocycles. The van der Waals surface area contributed by atoms with E-state index in [4.69, 9.17) is 4.42 Å². The molecule has 1 aliphatic rings. The third kappa shape index (κ3) is 4.08. The quantitative estimate of drug-likeness (QED) is 0.772. The summed E-state index contributed by atoms with van der Waals surface area (Å²) in [6.45, 7) is 7.68. The van der Waals surface area contributed by atoms with Crippen LogP contribution in [0.3, 0.4) is 0 Å². The predicted octanol–water partition coefficient (Wildman–Crippen LogP) is 1.20. The lowest BCUT2D eigenvalue weighted by Crippen LogP contribution is -2.33. The normalized spacial score (nSPS) is 17.0. The van der Waals surface area contributed by atoms with Gasteiger partial charge in [0.25, 0.3) is 5.91 Å². The van der Waals surface area contributed by atoms with Gasteiger partial charge in [-0.15, -0.1) is 10.2 Å². The molecule has 0 saturated carbocycles. The van der Waals surface area contributed by atoms with Gasteiger partial charge in [-0.1, -0.05) is 0 Å². The number of carbonyl (C=O) groups is 1. The van der Waals surface area contributed by atoms with Crippen LogP contribution in [0, 0.1) is 20.8 Å². The molecule has 0 bridgehead atoms. The molecule has 0 unspecified atom stereocenters. The van der Waals surface area contributed by atoms with Crippen molar-refractivity contribution >= 4 is 11.7 Å². The van der Waals surface area contributed by atoms with Crippen LogP contribution in [-0.4, -0.2) is 76.1 Å². The first-order valence-corrected chi connectivity index (χ1v) is 9.07. The van der Waals surface area contributed by atoms with E-state index in [0.29, 0.717) is 17.8 Å². The third-order valence-electron chi connectivity index (χ3n) is 5.04. The number of nitrogens with zero attached hydrogens (tertiary/aromatic N) is 7. The summed E-state index contributed by atoms with van der Waals surface area (Å²) in [5.74, 6) is 1.64. The summed E-state index contributed by atoms with van der Waals surface area (Å²) < 4.78 is 5.35. The summed E-state index contributed by atoms with van der Waals surface area (Å²) in [4.78, 5) is 27.8. The fraction of sp³-hybridized carbons (Fsp3) is 0.611. The van der Waals surface area contributed by atoms with Crippen LogP contribution in [0.2, 0.25) is 0 Å². The van der Waals surface area contributed by atoms with Gasteiger partial charge >= 0.3 is 0 Å². The zero-order valence-electron chi connectivity index (χ0n) is 16.9. The maximum atomic E-state index is 12.8. The molecule has 2 aromatic rings. The summed E-state index contributed by atoms with van der Waals surface area (Å²) in [5.41, 5.74) is 1.83. The van der Waals surface area contributed by atoms with E-state index in [-0.39, 0.29) is 18.3 Å². The number of aryl methyl sites for hydroxylation is 2. The second-order valence-corrected chi connectivity index (χ2v) is 7.31. The fourth-order valence-corrected chi connectivity index (χ4v) is 3.22. The Morgan fingerprint density at radius 1 is 1.19 bits per heavy atom. The molecule has 9 nitrogen and oxygen atoms in total. The van der Waals surface area contributed by atoms with Gasteiger partial charge in [0.1, 0.15) is 5.82 Å². The average molecular weight is 373 g/mol. The Balaban J connectivity index is 1.81. The Bertz CT molecular complexity index is 833.